The van der Waals surface area contributed by atoms with Crippen LogP contribution < -0.4 is 0 Å². The third-order valence-electron chi connectivity index (χ3n) is 5.13. The van der Waals surface area contributed by atoms with E-state index in [2.05, 4.69) is 167 Å². The summed E-state index contributed by atoms with van der Waals surface area (Å²) in [6.07, 6.45) is 7.62. The first-order valence-corrected chi connectivity index (χ1v) is 41.7. The Morgan fingerprint density at radius 3 is 0.918 bits per heavy atom. The molecule has 0 aromatic carbocycles. The fourth-order valence-electron chi connectivity index (χ4n) is 3.01. The van der Waals surface area contributed by atoms with Gasteiger partial charge in [-0.3, -0.25) is 0 Å². The second-order valence-corrected chi connectivity index (χ2v) is 36.8. The monoisotopic (exact) mass is 1070 g/mol. The smallest absolute Gasteiger partial charge is 0.0504 e. The van der Waals surface area contributed by atoms with Crippen molar-refractivity contribution in [2.75, 3.05) is 138 Å². The third-order valence-corrected chi connectivity index (χ3v) is 32.4. The highest BCUT2D eigenvalue weighted by Crippen LogP contribution is 2.48. The lowest BCUT2D eigenvalue weighted by atomic mass is 10.6. The first-order chi connectivity index (χ1) is 24.4. The molecule has 0 nitrogen and oxygen atoms in total. The molecule has 0 heterocycles. The molecule has 0 radical (unpaired) electrons. The number of hydrogen-bond donors (Lipinski definition) is 1. The SMILES string of the molecule is CSSSSSCSCCSSCCSCCCSCCSCCCSCCSSCCSCCCSCCSCCCSCCSSS. The van der Waals surface area contributed by atoms with E-state index in [1.54, 1.807) is 9.83 Å². The Kier molecular flexibility index (Phi) is 63.7. The Bertz CT molecular complexity index is 524. The van der Waals surface area contributed by atoms with Crippen molar-refractivity contribution < 1.29 is 0 Å². The quantitative estimate of drug-likeness (QED) is 0.0266. The minimum absolute atomic E-state index is 1.21. The van der Waals surface area contributed by atoms with Crippen molar-refractivity contribution in [3.05, 3.63) is 0 Å². The summed E-state index contributed by atoms with van der Waals surface area (Å²) in [5.74, 6) is 28.9. The summed E-state index contributed by atoms with van der Waals surface area (Å²) in [6.45, 7) is 0. The molecular formula is C28H58S21. The molecule has 0 saturated heterocycles. The van der Waals surface area contributed by atoms with Gasteiger partial charge in [0.2, 0.25) is 0 Å². The van der Waals surface area contributed by atoms with E-state index in [9.17, 15) is 0 Å². The molecule has 0 N–H and O–H groups in total. The maximum absolute atomic E-state index is 4.16. The highest BCUT2D eigenvalue weighted by Gasteiger charge is 1.99. The van der Waals surface area contributed by atoms with Crippen molar-refractivity contribution in [1.82, 2.24) is 0 Å². The van der Waals surface area contributed by atoms with Crippen LogP contribution in [0.1, 0.15) is 25.7 Å². The second-order valence-electron chi connectivity index (χ2n) is 9.01. The molecule has 0 spiro atoms. The van der Waals surface area contributed by atoms with Crippen molar-refractivity contribution in [1.29, 1.82) is 0 Å². The molecule has 49 heavy (non-hydrogen) atoms. The maximum atomic E-state index is 4.16. The molecule has 0 aliphatic heterocycles. The Hall–Kier alpha value is 7.35. The van der Waals surface area contributed by atoms with Gasteiger partial charge in [-0.05, 0) is 117 Å². The minimum atomic E-state index is 1.21. The van der Waals surface area contributed by atoms with Gasteiger partial charge in [-0.1, -0.05) is 87.2 Å². The molecule has 0 aromatic heterocycles. The summed E-state index contributed by atoms with van der Waals surface area (Å²) in [5.41, 5.74) is 0. The van der Waals surface area contributed by atoms with E-state index in [4.69, 9.17) is 0 Å². The predicted octanol–water partition coefficient (Wildman–Crippen LogP) is 16.0. The second kappa shape index (κ2) is 55.4. The third kappa shape index (κ3) is 55.3. The Morgan fingerprint density at radius 2 is 0.592 bits per heavy atom. The van der Waals surface area contributed by atoms with Crippen LogP contribution in [0.4, 0.5) is 0 Å². The molecule has 0 aromatic rings. The van der Waals surface area contributed by atoms with Gasteiger partial charge in [0, 0.05) is 80.5 Å². The lowest BCUT2D eigenvalue weighted by Crippen LogP contribution is -1.93. The maximum Gasteiger partial charge on any atom is 0.0504 e. The highest BCUT2D eigenvalue weighted by atomic mass is 33.8. The average Bonchev–Trinajstić information content (AvgIpc) is 3.11. The Labute approximate surface area is 389 Å². The van der Waals surface area contributed by atoms with Crippen molar-refractivity contribution in [2.24, 2.45) is 0 Å². The number of hydrogen-bond acceptors (Lipinski definition) is 21. The van der Waals surface area contributed by atoms with Gasteiger partial charge >= 0.3 is 0 Å². The predicted molar refractivity (Wildman–Crippen MR) is 297 cm³/mol. The molecule has 0 amide bonds. The Morgan fingerprint density at radius 1 is 0.286 bits per heavy atom. The molecule has 0 saturated carbocycles. The topological polar surface area (TPSA) is 0 Å². The van der Waals surface area contributed by atoms with Gasteiger partial charge in [-0.25, -0.2) is 0 Å². The van der Waals surface area contributed by atoms with E-state index >= 15 is 0 Å². The van der Waals surface area contributed by atoms with Gasteiger partial charge in [0.05, 0.1) is 5.08 Å². The molecule has 0 atom stereocenters. The lowest BCUT2D eigenvalue weighted by molar-refractivity contribution is 1.12. The van der Waals surface area contributed by atoms with Crippen LogP contribution in [0, 0.1) is 0 Å². The zero-order valence-electron chi connectivity index (χ0n) is 28.7. The summed E-state index contributed by atoms with van der Waals surface area (Å²) in [5, 5.41) is 1.21. The van der Waals surface area contributed by atoms with Crippen molar-refractivity contribution in [2.45, 2.75) is 25.7 Å². The van der Waals surface area contributed by atoms with Gasteiger partial charge in [0.15, 0.2) is 0 Å². The van der Waals surface area contributed by atoms with Crippen molar-refractivity contribution in [3.63, 3.8) is 0 Å². The molecule has 0 aliphatic rings. The lowest BCUT2D eigenvalue weighted by Gasteiger charge is -2.05. The zero-order valence-corrected chi connectivity index (χ0v) is 45.9. The molecule has 0 unspecified atom stereocenters. The van der Waals surface area contributed by atoms with E-state index in [0.29, 0.717) is 0 Å². The normalized spacial score (nSPS) is 11.6. The summed E-state index contributed by atoms with van der Waals surface area (Å²) >= 11 is 23.4. The van der Waals surface area contributed by atoms with Crippen LogP contribution >= 0.6 is 232 Å². The molecular weight excluding hydrogens is 1010 g/mol. The summed E-state index contributed by atoms with van der Waals surface area (Å²) < 4.78 is 0. The van der Waals surface area contributed by atoms with Gasteiger partial charge in [-0.15, -0.1) is 11.8 Å². The van der Waals surface area contributed by atoms with Crippen LogP contribution in [0.3, 0.4) is 0 Å². The van der Waals surface area contributed by atoms with Crippen LogP contribution in [-0.4, -0.2) is 138 Å². The number of rotatable bonds is 46. The van der Waals surface area contributed by atoms with Crippen LogP contribution in [-0.2, 0) is 0 Å². The zero-order chi connectivity index (χ0) is 35.2. The van der Waals surface area contributed by atoms with Crippen LogP contribution in [0.2, 0.25) is 0 Å². The van der Waals surface area contributed by atoms with Crippen molar-refractivity contribution >= 4 is 232 Å². The largest absolute Gasteiger partial charge is 0.161 e. The summed E-state index contributed by atoms with van der Waals surface area (Å²) in [7, 11) is 21.2. The minimum Gasteiger partial charge on any atom is -0.161 e. The van der Waals surface area contributed by atoms with E-state index in [1.807, 2.05) is 61.9 Å². The van der Waals surface area contributed by atoms with Crippen LogP contribution in [0.5, 0.6) is 0 Å². The van der Waals surface area contributed by atoms with Gasteiger partial charge in [-0.2, -0.15) is 94.1 Å². The molecule has 0 aliphatic carbocycles. The standard InChI is InChI=1S/C28H58S21/c1-30-47-49-48-45-28-39-22-26-43-42-25-20-37-12-4-8-32-15-14-31-6-2-10-35-18-23-40-41-24-19-36-11-3-7-33-16-17-34-9-5-13-38-21-27-44-46-29/h29H,2-28H2,1H3. The molecule has 0 fully saturated rings. The van der Waals surface area contributed by atoms with Gasteiger partial charge < -0.3 is 0 Å². The molecule has 21 heteroatoms. The fourth-order valence-corrected chi connectivity index (χ4v) is 29.2. The summed E-state index contributed by atoms with van der Waals surface area (Å²) in [6, 6.07) is 0. The fraction of sp³-hybridized carbons (Fsp3) is 1.00. The first-order valence-electron chi connectivity index (χ1n) is 16.2. The molecule has 296 valence electrons. The number of thiol groups is 1. The van der Waals surface area contributed by atoms with E-state index in [0.717, 1.165) is 0 Å². The Balaban J connectivity index is 3.04. The first kappa shape index (κ1) is 56.3. The van der Waals surface area contributed by atoms with Crippen LogP contribution in [0.15, 0.2) is 0 Å². The van der Waals surface area contributed by atoms with E-state index in [-0.39, 0.29) is 0 Å². The van der Waals surface area contributed by atoms with Crippen molar-refractivity contribution in [3.8, 4) is 0 Å². The van der Waals surface area contributed by atoms with E-state index in [1.165, 1.54) is 157 Å². The molecule has 0 rings (SSSR count). The van der Waals surface area contributed by atoms with E-state index < -0.39 is 0 Å². The van der Waals surface area contributed by atoms with Crippen LogP contribution in [0.25, 0.3) is 0 Å². The van der Waals surface area contributed by atoms with Gasteiger partial charge in [0.1, 0.15) is 0 Å². The average molecular weight is 1070 g/mol. The molecule has 0 bridgehead atoms. The highest BCUT2D eigenvalue weighted by molar-refractivity contribution is 9.35. The number of thioether (sulfide) groups is 9. The van der Waals surface area contributed by atoms with Gasteiger partial charge in [0.25, 0.3) is 0 Å². The summed E-state index contributed by atoms with van der Waals surface area (Å²) in [4.78, 5) is 0.